The van der Waals surface area contributed by atoms with Crippen molar-refractivity contribution >= 4 is 40.7 Å². The van der Waals surface area contributed by atoms with Gasteiger partial charge in [-0.05, 0) is 33.6 Å². The van der Waals surface area contributed by atoms with Crippen LogP contribution in [0.5, 0.6) is 0 Å². The molecule has 2 nitrogen and oxygen atoms in total. The van der Waals surface area contributed by atoms with Crippen LogP contribution < -0.4 is 5.32 Å². The Morgan fingerprint density at radius 3 is 2.47 bits per heavy atom. The Labute approximate surface area is 134 Å². The van der Waals surface area contributed by atoms with Crippen LogP contribution in [0.25, 0.3) is 0 Å². The van der Waals surface area contributed by atoms with Gasteiger partial charge in [0.1, 0.15) is 5.82 Å². The molecule has 0 amide bonds. The van der Waals surface area contributed by atoms with E-state index < -0.39 is 0 Å². The maximum Gasteiger partial charge on any atom is 0.137 e. The summed E-state index contributed by atoms with van der Waals surface area (Å²) < 4.78 is 14.0. The molecule has 19 heavy (non-hydrogen) atoms. The van der Waals surface area contributed by atoms with Crippen LogP contribution in [0.15, 0.2) is 35.3 Å². The Bertz CT molecular complexity index is 412. The minimum Gasteiger partial charge on any atom is -0.314 e. The molecule has 0 bridgehead atoms. The molecule has 6 heteroatoms. The van der Waals surface area contributed by atoms with E-state index in [0.29, 0.717) is 4.47 Å². The molecule has 0 radical (unpaired) electrons. The average molecular weight is 372 g/mol. The highest BCUT2D eigenvalue weighted by Crippen LogP contribution is 2.25. The van der Waals surface area contributed by atoms with Crippen LogP contribution in [0, 0.1) is 5.82 Å². The molecule has 0 aromatic heterocycles. The second-order valence-corrected chi connectivity index (χ2v) is 4.99. The normalized spacial score (nSPS) is 16.9. The van der Waals surface area contributed by atoms with E-state index in [-0.39, 0.29) is 36.7 Å². The molecule has 1 aliphatic rings. The van der Waals surface area contributed by atoms with Crippen molar-refractivity contribution in [3.05, 3.63) is 46.7 Å². The van der Waals surface area contributed by atoms with Gasteiger partial charge >= 0.3 is 0 Å². The summed E-state index contributed by atoms with van der Waals surface area (Å²) in [4.78, 5) is 2.31. The molecule has 0 saturated carbocycles. The summed E-state index contributed by atoms with van der Waals surface area (Å²) in [6.07, 6.45) is 1.88. The molecule has 0 aliphatic carbocycles. The first-order chi connectivity index (χ1) is 8.22. The topological polar surface area (TPSA) is 15.3 Å². The fourth-order valence-corrected chi connectivity index (χ4v) is 2.40. The zero-order valence-corrected chi connectivity index (χ0v) is 13.7. The van der Waals surface area contributed by atoms with Gasteiger partial charge in [0.15, 0.2) is 0 Å². The zero-order valence-electron chi connectivity index (χ0n) is 10.4. The lowest BCUT2D eigenvalue weighted by molar-refractivity contribution is 0.203. The van der Waals surface area contributed by atoms with E-state index in [2.05, 4.69) is 32.7 Å². The Balaban J connectivity index is 0.00000162. The van der Waals surface area contributed by atoms with Crippen molar-refractivity contribution in [1.29, 1.82) is 0 Å². The lowest BCUT2D eigenvalue weighted by Crippen LogP contribution is -2.44. The van der Waals surface area contributed by atoms with E-state index in [1.165, 1.54) is 0 Å². The minimum atomic E-state index is -0.218. The Morgan fingerprint density at radius 1 is 1.32 bits per heavy atom. The second kappa shape index (κ2) is 8.93. The molecule has 0 spiro atoms. The molecule has 1 aliphatic heterocycles. The summed E-state index contributed by atoms with van der Waals surface area (Å²) in [5.41, 5.74) is 0.961. The van der Waals surface area contributed by atoms with Crippen LogP contribution in [0.2, 0.25) is 0 Å². The number of benzene rings is 1. The number of halogens is 4. The maximum absolute atomic E-state index is 13.5. The monoisotopic (exact) mass is 370 g/mol. The van der Waals surface area contributed by atoms with Crippen LogP contribution in [0.3, 0.4) is 0 Å². The summed E-state index contributed by atoms with van der Waals surface area (Å²) in [6.45, 7) is 7.75. The SMILES string of the molecule is C=C[C@@H](c1ccc(Br)c(F)c1)N1CCNCC1.Cl.Cl. The number of rotatable bonds is 3. The number of nitrogens with zero attached hydrogens (tertiary/aromatic N) is 1. The standard InChI is InChI=1S/C13H16BrFN2.2ClH/c1-2-13(17-7-5-16-6-8-17)10-3-4-11(14)12(15)9-10;;/h2-4,9,13,16H,1,5-8H2;2*1H/t13-;;/m0../s1. The molecule has 1 aromatic carbocycles. The van der Waals surface area contributed by atoms with Crippen molar-refractivity contribution in [3.63, 3.8) is 0 Å². The summed E-state index contributed by atoms with van der Waals surface area (Å²) >= 11 is 3.17. The van der Waals surface area contributed by atoms with Gasteiger partial charge in [0.05, 0.1) is 10.5 Å². The van der Waals surface area contributed by atoms with Crippen LogP contribution in [-0.2, 0) is 0 Å². The first kappa shape index (κ1) is 18.9. The predicted molar refractivity (Wildman–Crippen MR) is 86.0 cm³/mol. The van der Waals surface area contributed by atoms with Crippen molar-refractivity contribution in [2.75, 3.05) is 26.2 Å². The molecule has 1 saturated heterocycles. The van der Waals surface area contributed by atoms with Crippen molar-refractivity contribution in [2.24, 2.45) is 0 Å². The van der Waals surface area contributed by atoms with Crippen LogP contribution in [-0.4, -0.2) is 31.1 Å². The molecule has 2 rings (SSSR count). The molecule has 1 heterocycles. The van der Waals surface area contributed by atoms with E-state index in [1.54, 1.807) is 12.1 Å². The Hall–Kier alpha value is -0.130. The van der Waals surface area contributed by atoms with E-state index in [1.807, 2.05) is 12.1 Å². The van der Waals surface area contributed by atoms with Gasteiger partial charge in [-0.1, -0.05) is 12.1 Å². The highest BCUT2D eigenvalue weighted by Gasteiger charge is 2.19. The van der Waals surface area contributed by atoms with Gasteiger partial charge in [-0.3, -0.25) is 4.90 Å². The first-order valence-electron chi connectivity index (χ1n) is 5.74. The largest absolute Gasteiger partial charge is 0.314 e. The summed E-state index contributed by atoms with van der Waals surface area (Å²) in [7, 11) is 0. The van der Waals surface area contributed by atoms with E-state index in [4.69, 9.17) is 0 Å². The van der Waals surface area contributed by atoms with Crippen LogP contribution >= 0.6 is 40.7 Å². The van der Waals surface area contributed by atoms with Gasteiger partial charge in [0.25, 0.3) is 0 Å². The fraction of sp³-hybridized carbons (Fsp3) is 0.385. The van der Waals surface area contributed by atoms with Crippen molar-refractivity contribution < 1.29 is 4.39 Å². The number of piperazine rings is 1. The average Bonchev–Trinajstić information content (AvgIpc) is 2.36. The lowest BCUT2D eigenvalue weighted by Gasteiger charge is -2.33. The smallest absolute Gasteiger partial charge is 0.137 e. The second-order valence-electron chi connectivity index (χ2n) is 4.14. The minimum absolute atomic E-state index is 0. The van der Waals surface area contributed by atoms with Crippen molar-refractivity contribution in [3.8, 4) is 0 Å². The summed E-state index contributed by atoms with van der Waals surface area (Å²) in [6, 6.07) is 5.38. The van der Waals surface area contributed by atoms with Gasteiger partial charge in [0, 0.05) is 26.2 Å². The highest BCUT2D eigenvalue weighted by atomic mass is 79.9. The molecule has 1 atom stereocenters. The highest BCUT2D eigenvalue weighted by molar-refractivity contribution is 9.10. The molecule has 1 aromatic rings. The molecule has 1 fully saturated rings. The van der Waals surface area contributed by atoms with Crippen LogP contribution in [0.4, 0.5) is 4.39 Å². The number of hydrogen-bond acceptors (Lipinski definition) is 2. The third-order valence-corrected chi connectivity index (χ3v) is 3.70. The molecular formula is C13H18BrCl2FN2. The van der Waals surface area contributed by atoms with Gasteiger partial charge < -0.3 is 5.32 Å². The van der Waals surface area contributed by atoms with Gasteiger partial charge in [-0.2, -0.15) is 0 Å². The number of nitrogens with one attached hydrogen (secondary N) is 1. The predicted octanol–water partition coefficient (Wildman–Crippen LogP) is 3.56. The van der Waals surface area contributed by atoms with E-state index in [0.717, 1.165) is 31.7 Å². The quantitative estimate of drug-likeness (QED) is 0.817. The lowest BCUT2D eigenvalue weighted by atomic mass is 10.0. The number of hydrogen-bond donors (Lipinski definition) is 1. The third-order valence-electron chi connectivity index (χ3n) is 3.05. The van der Waals surface area contributed by atoms with Gasteiger partial charge in [-0.25, -0.2) is 4.39 Å². The Kier molecular flexibility index (Phi) is 8.86. The molecule has 0 unspecified atom stereocenters. The van der Waals surface area contributed by atoms with Gasteiger partial charge in [-0.15, -0.1) is 31.4 Å². The van der Waals surface area contributed by atoms with Crippen molar-refractivity contribution in [2.45, 2.75) is 6.04 Å². The van der Waals surface area contributed by atoms with Gasteiger partial charge in [0.2, 0.25) is 0 Å². The Morgan fingerprint density at radius 2 is 1.95 bits per heavy atom. The summed E-state index contributed by atoms with van der Waals surface area (Å²) in [5, 5.41) is 3.31. The van der Waals surface area contributed by atoms with Crippen LogP contribution in [0.1, 0.15) is 11.6 Å². The molecule has 108 valence electrons. The van der Waals surface area contributed by atoms with Crippen molar-refractivity contribution in [1.82, 2.24) is 10.2 Å². The fourth-order valence-electron chi connectivity index (χ4n) is 2.15. The molecular weight excluding hydrogens is 354 g/mol. The zero-order chi connectivity index (χ0) is 12.3. The maximum atomic E-state index is 13.5. The first-order valence-corrected chi connectivity index (χ1v) is 6.54. The van der Waals surface area contributed by atoms with E-state index >= 15 is 0 Å². The van der Waals surface area contributed by atoms with E-state index in [9.17, 15) is 4.39 Å². The summed E-state index contributed by atoms with van der Waals surface area (Å²) in [5.74, 6) is -0.218. The molecule has 1 N–H and O–H groups in total. The third kappa shape index (κ3) is 4.72.